The SMILES string of the molecule is Cn1ccnc1-n1cccc1-c1ccccc1. The predicted octanol–water partition coefficient (Wildman–Crippen LogP) is 2.88. The number of nitrogens with zero attached hydrogens (tertiary/aromatic N) is 3. The molecule has 17 heavy (non-hydrogen) atoms. The summed E-state index contributed by atoms with van der Waals surface area (Å²) in [5.74, 6) is 0.925. The first-order chi connectivity index (χ1) is 8.36. The van der Waals surface area contributed by atoms with Crippen molar-refractivity contribution in [1.29, 1.82) is 0 Å². The molecule has 84 valence electrons. The van der Waals surface area contributed by atoms with Gasteiger partial charge in [0.15, 0.2) is 0 Å². The second-order valence-electron chi connectivity index (χ2n) is 3.97. The molecule has 3 heteroatoms. The third-order valence-corrected chi connectivity index (χ3v) is 2.83. The van der Waals surface area contributed by atoms with Gasteiger partial charge in [-0.1, -0.05) is 30.3 Å². The van der Waals surface area contributed by atoms with Crippen LogP contribution in [0.1, 0.15) is 0 Å². The summed E-state index contributed by atoms with van der Waals surface area (Å²) in [6.07, 6.45) is 5.79. The minimum Gasteiger partial charge on any atom is -0.320 e. The van der Waals surface area contributed by atoms with Crippen molar-refractivity contribution in [3.8, 4) is 17.2 Å². The van der Waals surface area contributed by atoms with Crippen LogP contribution in [0.4, 0.5) is 0 Å². The van der Waals surface area contributed by atoms with Crippen molar-refractivity contribution in [2.24, 2.45) is 7.05 Å². The first-order valence-corrected chi connectivity index (χ1v) is 5.57. The summed E-state index contributed by atoms with van der Waals surface area (Å²) < 4.78 is 4.10. The van der Waals surface area contributed by atoms with Gasteiger partial charge in [-0.05, 0) is 17.7 Å². The van der Waals surface area contributed by atoms with Crippen LogP contribution < -0.4 is 0 Å². The molecular formula is C14H13N3. The molecule has 0 aliphatic heterocycles. The summed E-state index contributed by atoms with van der Waals surface area (Å²) in [5.41, 5.74) is 2.35. The average molecular weight is 223 g/mol. The van der Waals surface area contributed by atoms with Crippen LogP contribution in [0.2, 0.25) is 0 Å². The highest BCUT2D eigenvalue weighted by molar-refractivity contribution is 5.61. The van der Waals surface area contributed by atoms with Gasteiger partial charge in [-0.3, -0.25) is 4.57 Å². The number of aromatic nitrogens is 3. The highest BCUT2D eigenvalue weighted by Crippen LogP contribution is 2.22. The second kappa shape index (κ2) is 3.94. The Morgan fingerprint density at radius 1 is 0.941 bits per heavy atom. The summed E-state index contributed by atoms with van der Waals surface area (Å²) in [6.45, 7) is 0. The van der Waals surface area contributed by atoms with Gasteiger partial charge in [-0.25, -0.2) is 4.98 Å². The van der Waals surface area contributed by atoms with Gasteiger partial charge in [0.2, 0.25) is 5.95 Å². The van der Waals surface area contributed by atoms with Crippen molar-refractivity contribution in [1.82, 2.24) is 14.1 Å². The van der Waals surface area contributed by atoms with Crippen LogP contribution in [0, 0.1) is 0 Å². The smallest absolute Gasteiger partial charge is 0.213 e. The number of hydrogen-bond acceptors (Lipinski definition) is 1. The molecule has 0 atom stereocenters. The van der Waals surface area contributed by atoms with Crippen LogP contribution in [0.25, 0.3) is 17.2 Å². The van der Waals surface area contributed by atoms with E-state index in [0.29, 0.717) is 0 Å². The highest BCUT2D eigenvalue weighted by atomic mass is 15.2. The Morgan fingerprint density at radius 2 is 1.76 bits per heavy atom. The molecule has 1 aromatic carbocycles. The third-order valence-electron chi connectivity index (χ3n) is 2.83. The summed E-state index contributed by atoms with van der Waals surface area (Å²) in [5, 5.41) is 0. The van der Waals surface area contributed by atoms with Crippen molar-refractivity contribution in [3.05, 3.63) is 61.1 Å². The zero-order valence-electron chi connectivity index (χ0n) is 9.62. The van der Waals surface area contributed by atoms with E-state index in [9.17, 15) is 0 Å². The van der Waals surface area contributed by atoms with Crippen LogP contribution in [0.5, 0.6) is 0 Å². The maximum atomic E-state index is 4.37. The first-order valence-electron chi connectivity index (χ1n) is 5.57. The summed E-state index contributed by atoms with van der Waals surface area (Å²) in [6, 6.07) is 14.5. The standard InChI is InChI=1S/C14H13N3/c1-16-11-9-15-14(16)17-10-5-8-13(17)12-6-3-2-4-7-12/h2-11H,1H3. The van der Waals surface area contributed by atoms with Gasteiger partial charge in [0, 0.05) is 25.6 Å². The Balaban J connectivity index is 2.16. The number of aryl methyl sites for hydroxylation is 1. The molecule has 2 aromatic heterocycles. The molecule has 3 rings (SSSR count). The number of rotatable bonds is 2. The van der Waals surface area contributed by atoms with Crippen LogP contribution in [-0.2, 0) is 7.05 Å². The topological polar surface area (TPSA) is 22.8 Å². The largest absolute Gasteiger partial charge is 0.320 e. The lowest BCUT2D eigenvalue weighted by Crippen LogP contribution is -2.02. The van der Waals surface area contributed by atoms with Gasteiger partial charge in [0.25, 0.3) is 0 Å². The number of hydrogen-bond donors (Lipinski definition) is 0. The van der Waals surface area contributed by atoms with Gasteiger partial charge in [0.1, 0.15) is 0 Å². The Labute approximate surface area is 100.0 Å². The van der Waals surface area contributed by atoms with E-state index in [0.717, 1.165) is 11.6 Å². The lowest BCUT2D eigenvalue weighted by atomic mass is 10.1. The average Bonchev–Trinajstić information content (AvgIpc) is 2.98. The minimum absolute atomic E-state index is 0.925. The van der Waals surface area contributed by atoms with Crippen molar-refractivity contribution in [2.75, 3.05) is 0 Å². The lowest BCUT2D eigenvalue weighted by molar-refractivity contribution is 0.825. The molecule has 0 radical (unpaired) electrons. The zero-order valence-corrected chi connectivity index (χ0v) is 9.62. The Morgan fingerprint density at radius 3 is 2.47 bits per heavy atom. The van der Waals surface area contributed by atoms with E-state index in [1.54, 1.807) is 0 Å². The van der Waals surface area contributed by atoms with E-state index < -0.39 is 0 Å². The third kappa shape index (κ3) is 1.65. The van der Waals surface area contributed by atoms with E-state index in [1.807, 2.05) is 54.5 Å². The summed E-state index contributed by atoms with van der Waals surface area (Å²) in [7, 11) is 2.00. The summed E-state index contributed by atoms with van der Waals surface area (Å²) in [4.78, 5) is 4.37. The number of imidazole rings is 1. The number of benzene rings is 1. The van der Waals surface area contributed by atoms with Gasteiger partial charge in [-0.2, -0.15) is 0 Å². The fourth-order valence-corrected chi connectivity index (χ4v) is 1.99. The molecule has 0 spiro atoms. The van der Waals surface area contributed by atoms with Gasteiger partial charge in [0.05, 0.1) is 5.69 Å². The molecule has 0 fully saturated rings. The van der Waals surface area contributed by atoms with Crippen LogP contribution >= 0.6 is 0 Å². The van der Waals surface area contributed by atoms with Gasteiger partial charge >= 0.3 is 0 Å². The molecule has 0 unspecified atom stereocenters. The van der Waals surface area contributed by atoms with Crippen LogP contribution in [0.15, 0.2) is 61.1 Å². The molecule has 0 saturated carbocycles. The predicted molar refractivity (Wildman–Crippen MR) is 68.0 cm³/mol. The van der Waals surface area contributed by atoms with Crippen molar-refractivity contribution in [2.45, 2.75) is 0 Å². The Bertz CT molecular complexity index is 620. The van der Waals surface area contributed by atoms with Crippen molar-refractivity contribution in [3.63, 3.8) is 0 Å². The highest BCUT2D eigenvalue weighted by Gasteiger charge is 2.08. The van der Waals surface area contributed by atoms with Crippen LogP contribution in [-0.4, -0.2) is 14.1 Å². The fraction of sp³-hybridized carbons (Fsp3) is 0.0714. The molecule has 0 aliphatic carbocycles. The fourth-order valence-electron chi connectivity index (χ4n) is 1.99. The molecule has 3 aromatic rings. The van der Waals surface area contributed by atoms with Gasteiger partial charge in [-0.15, -0.1) is 0 Å². The van der Waals surface area contributed by atoms with E-state index in [1.165, 1.54) is 5.56 Å². The van der Waals surface area contributed by atoms with Crippen LogP contribution in [0.3, 0.4) is 0 Å². The van der Waals surface area contributed by atoms with E-state index >= 15 is 0 Å². The van der Waals surface area contributed by atoms with Crippen molar-refractivity contribution >= 4 is 0 Å². The monoisotopic (exact) mass is 223 g/mol. The zero-order chi connectivity index (χ0) is 11.7. The summed E-state index contributed by atoms with van der Waals surface area (Å²) >= 11 is 0. The molecular weight excluding hydrogens is 210 g/mol. The van der Waals surface area contributed by atoms with E-state index in [-0.39, 0.29) is 0 Å². The first kappa shape index (κ1) is 9.90. The Kier molecular flexibility index (Phi) is 2.29. The molecule has 0 bridgehead atoms. The molecule has 0 aliphatic rings. The molecule has 3 nitrogen and oxygen atoms in total. The quantitative estimate of drug-likeness (QED) is 0.655. The molecule has 0 amide bonds. The van der Waals surface area contributed by atoms with Gasteiger partial charge < -0.3 is 4.57 Å². The molecule has 0 N–H and O–H groups in total. The lowest BCUT2D eigenvalue weighted by Gasteiger charge is -2.08. The normalized spacial score (nSPS) is 10.6. The molecule has 2 heterocycles. The maximum absolute atomic E-state index is 4.37. The molecule has 0 saturated heterocycles. The minimum atomic E-state index is 0.925. The Hall–Kier alpha value is -2.29. The van der Waals surface area contributed by atoms with E-state index in [4.69, 9.17) is 0 Å². The van der Waals surface area contributed by atoms with E-state index in [2.05, 4.69) is 27.8 Å². The second-order valence-corrected chi connectivity index (χ2v) is 3.97. The van der Waals surface area contributed by atoms with Crippen molar-refractivity contribution < 1.29 is 0 Å². The maximum Gasteiger partial charge on any atom is 0.213 e.